The molecule has 0 saturated carbocycles. The number of rotatable bonds is 3. The third kappa shape index (κ3) is 3.17. The molecule has 0 aromatic carbocycles. The fourth-order valence-electron chi connectivity index (χ4n) is 4.66. The van der Waals surface area contributed by atoms with Crippen molar-refractivity contribution in [1.29, 1.82) is 0 Å². The molecule has 0 bridgehead atoms. The Kier molecular flexibility index (Phi) is 4.76. The van der Waals surface area contributed by atoms with Crippen LogP contribution in [0.25, 0.3) is 22.4 Å². The van der Waals surface area contributed by atoms with Gasteiger partial charge in [-0.15, -0.1) is 0 Å². The van der Waals surface area contributed by atoms with Crippen molar-refractivity contribution in [2.24, 2.45) is 7.05 Å². The number of anilines is 1. The summed E-state index contributed by atoms with van der Waals surface area (Å²) in [6, 6.07) is 4.20. The van der Waals surface area contributed by atoms with Crippen molar-refractivity contribution in [2.45, 2.75) is 31.4 Å². The van der Waals surface area contributed by atoms with Crippen molar-refractivity contribution >= 4 is 16.9 Å². The van der Waals surface area contributed by atoms with Crippen molar-refractivity contribution < 1.29 is 9.84 Å². The van der Waals surface area contributed by atoms with E-state index in [1.165, 1.54) is 0 Å². The third-order valence-corrected chi connectivity index (χ3v) is 6.51. The van der Waals surface area contributed by atoms with Crippen molar-refractivity contribution in [3.8, 4) is 11.4 Å². The molecule has 9 heteroatoms. The number of hydrogen-bond acceptors (Lipinski definition) is 7. The van der Waals surface area contributed by atoms with Gasteiger partial charge in [0.1, 0.15) is 17.0 Å². The minimum absolute atomic E-state index is 0.218. The molecular formula is C21H29N7O2. The largest absolute Gasteiger partial charge is 0.385 e. The summed E-state index contributed by atoms with van der Waals surface area (Å²) in [5.74, 6) is 0.870. The first-order valence-electron chi connectivity index (χ1n) is 10.6. The number of fused-ring (bicyclic) bond motifs is 1. The molecule has 0 amide bonds. The van der Waals surface area contributed by atoms with E-state index >= 15 is 0 Å². The zero-order valence-corrected chi connectivity index (χ0v) is 17.8. The number of ether oxygens (including phenoxy) is 1. The highest BCUT2D eigenvalue weighted by atomic mass is 16.5. The summed E-state index contributed by atoms with van der Waals surface area (Å²) in [5.41, 5.74) is 3.26. The molecule has 2 N–H and O–H groups in total. The number of nitrogens with zero attached hydrogens (tertiary/aromatic N) is 6. The number of aliphatic hydroxyl groups is 1. The van der Waals surface area contributed by atoms with Crippen molar-refractivity contribution in [1.82, 2.24) is 29.9 Å². The number of aromatic nitrogens is 5. The second kappa shape index (κ2) is 7.33. The zero-order chi connectivity index (χ0) is 20.9. The van der Waals surface area contributed by atoms with E-state index in [1.807, 2.05) is 17.8 Å². The molecule has 2 aliphatic rings. The highest BCUT2D eigenvalue weighted by molar-refractivity contribution is 5.92. The molecule has 2 aliphatic heterocycles. The van der Waals surface area contributed by atoms with Crippen LogP contribution in [0.1, 0.15) is 25.3 Å². The number of piperidine rings is 1. The number of aryl methyl sites for hydroxylation is 1. The van der Waals surface area contributed by atoms with Crippen LogP contribution < -0.4 is 4.90 Å². The van der Waals surface area contributed by atoms with Gasteiger partial charge in [0.2, 0.25) is 0 Å². The van der Waals surface area contributed by atoms with Crippen molar-refractivity contribution in [2.75, 3.05) is 44.8 Å². The van der Waals surface area contributed by atoms with Crippen LogP contribution in [0, 0.1) is 0 Å². The van der Waals surface area contributed by atoms with Crippen LogP contribution in [0.5, 0.6) is 0 Å². The highest BCUT2D eigenvalue weighted by Gasteiger charge is 2.37. The predicted octanol–water partition coefficient (Wildman–Crippen LogP) is 1.50. The second-order valence-corrected chi connectivity index (χ2v) is 8.62. The second-order valence-electron chi connectivity index (χ2n) is 8.62. The van der Waals surface area contributed by atoms with Crippen LogP contribution in [-0.2, 0) is 17.4 Å². The van der Waals surface area contributed by atoms with E-state index in [4.69, 9.17) is 14.8 Å². The van der Waals surface area contributed by atoms with Gasteiger partial charge in [-0.25, -0.2) is 4.98 Å². The first-order chi connectivity index (χ1) is 14.5. The Morgan fingerprint density at radius 3 is 2.73 bits per heavy atom. The van der Waals surface area contributed by atoms with Gasteiger partial charge in [-0.2, -0.15) is 10.2 Å². The molecule has 3 aromatic heterocycles. The highest BCUT2D eigenvalue weighted by Crippen LogP contribution is 2.40. The van der Waals surface area contributed by atoms with E-state index in [-0.39, 0.29) is 6.04 Å². The van der Waals surface area contributed by atoms with Gasteiger partial charge in [0.25, 0.3) is 0 Å². The summed E-state index contributed by atoms with van der Waals surface area (Å²) in [6.45, 7) is 5.98. The molecule has 160 valence electrons. The first kappa shape index (κ1) is 19.5. The van der Waals surface area contributed by atoms with Crippen LogP contribution in [0.4, 0.5) is 5.82 Å². The van der Waals surface area contributed by atoms with E-state index in [9.17, 15) is 5.11 Å². The molecule has 0 aliphatic carbocycles. The SMILES string of the molecule is C[C@@H]1COCCN1c1cc(C2(O)CCN(C)CC2)c2c(n1)c(-c1ccn[nH]1)nn2C. The lowest BCUT2D eigenvalue weighted by Gasteiger charge is -2.39. The van der Waals surface area contributed by atoms with E-state index in [0.29, 0.717) is 26.1 Å². The molecule has 2 fully saturated rings. The number of H-pyrrole nitrogens is 1. The van der Waals surface area contributed by atoms with Gasteiger partial charge in [0, 0.05) is 38.4 Å². The van der Waals surface area contributed by atoms with Crippen molar-refractivity contribution in [3.05, 3.63) is 23.9 Å². The quantitative estimate of drug-likeness (QED) is 0.674. The molecule has 0 spiro atoms. The minimum atomic E-state index is -0.906. The lowest BCUT2D eigenvalue weighted by Crippen LogP contribution is -2.45. The Morgan fingerprint density at radius 2 is 2.03 bits per heavy atom. The summed E-state index contributed by atoms with van der Waals surface area (Å²) >= 11 is 0. The number of morpholine rings is 1. The van der Waals surface area contributed by atoms with Gasteiger partial charge in [0.15, 0.2) is 0 Å². The lowest BCUT2D eigenvalue weighted by molar-refractivity contribution is -0.0193. The van der Waals surface area contributed by atoms with Crippen LogP contribution in [0.3, 0.4) is 0 Å². The third-order valence-electron chi connectivity index (χ3n) is 6.51. The maximum Gasteiger partial charge on any atom is 0.136 e. The van der Waals surface area contributed by atoms with Crippen LogP contribution in [-0.4, -0.2) is 80.9 Å². The van der Waals surface area contributed by atoms with Gasteiger partial charge in [-0.1, -0.05) is 0 Å². The standard InChI is InChI=1S/C21H29N7O2/c1-14-13-30-11-10-28(14)17-12-15(21(29)5-8-26(2)9-6-21)20-19(23-17)18(25-27(20)3)16-4-7-22-24-16/h4,7,12,14,29H,5-6,8-11,13H2,1-3H3,(H,22,24)/t14-/m1/s1. The summed E-state index contributed by atoms with van der Waals surface area (Å²) < 4.78 is 7.48. The fraction of sp³-hybridized carbons (Fsp3) is 0.571. The van der Waals surface area contributed by atoms with Crippen LogP contribution in [0.2, 0.25) is 0 Å². The molecule has 5 heterocycles. The summed E-state index contributed by atoms with van der Waals surface area (Å²) in [4.78, 5) is 9.58. The topological polar surface area (TPSA) is 95.3 Å². The summed E-state index contributed by atoms with van der Waals surface area (Å²) in [5, 5.41) is 23.6. The molecule has 1 atom stereocenters. The number of likely N-dealkylation sites (tertiary alicyclic amines) is 1. The van der Waals surface area contributed by atoms with E-state index in [0.717, 1.165) is 53.4 Å². The molecule has 30 heavy (non-hydrogen) atoms. The minimum Gasteiger partial charge on any atom is -0.385 e. The molecule has 5 rings (SSSR count). The van der Waals surface area contributed by atoms with E-state index in [2.05, 4.69) is 40.0 Å². The Hall–Kier alpha value is -2.49. The Morgan fingerprint density at radius 1 is 1.23 bits per heavy atom. The molecule has 0 radical (unpaired) electrons. The van der Waals surface area contributed by atoms with E-state index in [1.54, 1.807) is 6.20 Å². The maximum absolute atomic E-state index is 11.8. The van der Waals surface area contributed by atoms with Gasteiger partial charge in [0.05, 0.1) is 36.1 Å². The van der Waals surface area contributed by atoms with Gasteiger partial charge < -0.3 is 19.6 Å². The van der Waals surface area contributed by atoms with Crippen LogP contribution >= 0.6 is 0 Å². The maximum atomic E-state index is 11.8. The van der Waals surface area contributed by atoms with Gasteiger partial charge in [-0.05, 0) is 38.9 Å². The smallest absolute Gasteiger partial charge is 0.136 e. The zero-order valence-electron chi connectivity index (χ0n) is 17.8. The fourth-order valence-corrected chi connectivity index (χ4v) is 4.66. The predicted molar refractivity (Wildman–Crippen MR) is 114 cm³/mol. The molecule has 0 unspecified atom stereocenters. The Bertz CT molecular complexity index is 1040. The summed E-state index contributed by atoms with van der Waals surface area (Å²) in [7, 11) is 4.02. The normalized spacial score (nSPS) is 22.7. The van der Waals surface area contributed by atoms with Gasteiger partial charge >= 0.3 is 0 Å². The van der Waals surface area contributed by atoms with Crippen LogP contribution in [0.15, 0.2) is 18.3 Å². The molecular weight excluding hydrogens is 382 g/mol. The van der Waals surface area contributed by atoms with Crippen molar-refractivity contribution in [3.63, 3.8) is 0 Å². The van der Waals surface area contributed by atoms with E-state index < -0.39 is 5.60 Å². The average molecular weight is 412 g/mol. The molecule has 3 aromatic rings. The van der Waals surface area contributed by atoms with Gasteiger partial charge in [-0.3, -0.25) is 9.78 Å². The monoisotopic (exact) mass is 411 g/mol. The lowest BCUT2D eigenvalue weighted by atomic mass is 9.84. The number of nitrogens with one attached hydrogen (secondary N) is 1. The Balaban J connectivity index is 1.73. The number of pyridine rings is 1. The number of aromatic amines is 1. The Labute approximate surface area is 175 Å². The molecule has 2 saturated heterocycles. The first-order valence-corrected chi connectivity index (χ1v) is 10.6. The number of hydrogen-bond donors (Lipinski definition) is 2. The summed E-state index contributed by atoms with van der Waals surface area (Å²) in [6.07, 6.45) is 3.09. The molecule has 9 nitrogen and oxygen atoms in total. The average Bonchev–Trinajstić information content (AvgIpc) is 3.38.